The third-order valence-corrected chi connectivity index (χ3v) is 6.61. The molecule has 1 N–H and O–H groups in total. The van der Waals surface area contributed by atoms with E-state index in [-0.39, 0.29) is 36.3 Å². The molecule has 33 heavy (non-hydrogen) atoms. The van der Waals surface area contributed by atoms with Gasteiger partial charge in [0.1, 0.15) is 12.3 Å². The number of thioether (sulfide) groups is 1. The lowest BCUT2D eigenvalue weighted by atomic mass is 10.2. The number of para-hydroxylation sites is 1. The van der Waals surface area contributed by atoms with E-state index in [1.54, 1.807) is 7.11 Å². The number of hydrogen-bond acceptors (Lipinski definition) is 5. The Morgan fingerprint density at radius 3 is 2.48 bits per heavy atom. The minimum atomic E-state index is -0.0885. The monoisotopic (exact) mass is 467 g/mol. The summed E-state index contributed by atoms with van der Waals surface area (Å²) in [6.45, 7) is 5.46. The highest BCUT2D eigenvalue weighted by Gasteiger charge is 2.26. The minimum absolute atomic E-state index is 0.0365. The zero-order valence-corrected chi connectivity index (χ0v) is 19.9. The van der Waals surface area contributed by atoms with E-state index in [4.69, 9.17) is 9.47 Å². The largest absolute Gasteiger partial charge is 0.497 e. The minimum Gasteiger partial charge on any atom is -0.497 e. The van der Waals surface area contributed by atoms with Gasteiger partial charge in [0.25, 0.3) is 0 Å². The number of nitrogens with one attached hydrogen (secondary N) is 1. The van der Waals surface area contributed by atoms with Crippen LogP contribution in [0.1, 0.15) is 13.8 Å². The van der Waals surface area contributed by atoms with Crippen molar-refractivity contribution in [2.45, 2.75) is 37.5 Å². The normalized spacial score (nSPS) is 18.3. The van der Waals surface area contributed by atoms with Crippen LogP contribution in [0.3, 0.4) is 0 Å². The lowest BCUT2D eigenvalue weighted by molar-refractivity contribution is -0.143. The maximum atomic E-state index is 13.0. The number of methoxy groups -OCH3 is 1. The van der Waals surface area contributed by atoms with E-state index in [1.807, 2.05) is 78.0 Å². The van der Waals surface area contributed by atoms with Crippen LogP contribution in [0.15, 0.2) is 59.6 Å². The van der Waals surface area contributed by atoms with Crippen molar-refractivity contribution >= 4 is 40.2 Å². The molecule has 1 saturated heterocycles. The molecule has 1 aromatic heterocycles. The molecule has 0 radical (unpaired) electrons. The van der Waals surface area contributed by atoms with Crippen molar-refractivity contribution < 1.29 is 19.1 Å². The fourth-order valence-electron chi connectivity index (χ4n) is 4.10. The molecule has 1 aliphatic rings. The Kier molecular flexibility index (Phi) is 7.25. The first-order valence-corrected chi connectivity index (χ1v) is 12.0. The molecule has 0 spiro atoms. The molecule has 174 valence electrons. The summed E-state index contributed by atoms with van der Waals surface area (Å²) in [4.78, 5) is 28.3. The SMILES string of the molecule is COc1ccc(NC(=O)CSc2cn(CC(=O)N3C[C@H](C)O[C@@H](C)C3)c3ccccc23)cc1. The third kappa shape index (κ3) is 5.69. The van der Waals surface area contributed by atoms with E-state index < -0.39 is 0 Å². The Bertz CT molecular complexity index is 1120. The van der Waals surface area contributed by atoms with Gasteiger partial charge in [0.2, 0.25) is 11.8 Å². The Labute approximate surface area is 198 Å². The second-order valence-electron chi connectivity index (χ2n) is 8.26. The van der Waals surface area contributed by atoms with E-state index in [1.165, 1.54) is 11.8 Å². The van der Waals surface area contributed by atoms with Gasteiger partial charge >= 0.3 is 0 Å². The predicted octanol–water partition coefficient (Wildman–Crippen LogP) is 4.02. The van der Waals surface area contributed by atoms with Crippen molar-refractivity contribution in [1.82, 2.24) is 9.47 Å². The summed E-state index contributed by atoms with van der Waals surface area (Å²) in [5, 5.41) is 3.95. The number of carbonyl (C=O) groups is 2. The lowest BCUT2D eigenvalue weighted by Gasteiger charge is -2.35. The molecule has 2 atom stereocenters. The summed E-state index contributed by atoms with van der Waals surface area (Å²) in [5.41, 5.74) is 1.71. The Hall–Kier alpha value is -2.97. The molecule has 8 heteroatoms. The molecule has 1 aliphatic heterocycles. The number of anilines is 1. The van der Waals surface area contributed by atoms with Gasteiger partial charge < -0.3 is 24.3 Å². The highest BCUT2D eigenvalue weighted by molar-refractivity contribution is 8.00. The van der Waals surface area contributed by atoms with Gasteiger partial charge in [-0.2, -0.15) is 0 Å². The molecule has 2 amide bonds. The summed E-state index contributed by atoms with van der Waals surface area (Å²) in [6, 6.07) is 15.2. The summed E-state index contributed by atoms with van der Waals surface area (Å²) >= 11 is 1.47. The van der Waals surface area contributed by atoms with Crippen LogP contribution in [0.2, 0.25) is 0 Å². The van der Waals surface area contributed by atoms with E-state index in [0.29, 0.717) is 13.1 Å². The van der Waals surface area contributed by atoms with Crippen molar-refractivity contribution in [3.8, 4) is 5.75 Å². The zero-order valence-electron chi connectivity index (χ0n) is 19.1. The molecular weight excluding hydrogens is 438 g/mol. The van der Waals surface area contributed by atoms with Crippen molar-refractivity contribution in [1.29, 1.82) is 0 Å². The van der Waals surface area contributed by atoms with Gasteiger partial charge in [-0.25, -0.2) is 0 Å². The van der Waals surface area contributed by atoms with Gasteiger partial charge in [0, 0.05) is 40.8 Å². The zero-order chi connectivity index (χ0) is 23.4. The van der Waals surface area contributed by atoms with Crippen LogP contribution in [0.25, 0.3) is 10.9 Å². The highest BCUT2D eigenvalue weighted by atomic mass is 32.2. The first kappa shape index (κ1) is 23.2. The van der Waals surface area contributed by atoms with Crippen LogP contribution in [-0.2, 0) is 20.9 Å². The lowest BCUT2D eigenvalue weighted by Crippen LogP contribution is -2.49. The number of carbonyl (C=O) groups excluding carboxylic acids is 2. The smallest absolute Gasteiger partial charge is 0.242 e. The van der Waals surface area contributed by atoms with E-state index >= 15 is 0 Å². The number of morpholine rings is 1. The standard InChI is InChI=1S/C25H29N3O4S/c1-17-12-28(13-18(2)32-17)25(30)15-27-14-23(21-6-4-5-7-22(21)27)33-16-24(29)26-19-8-10-20(31-3)11-9-19/h4-11,14,17-18H,12-13,15-16H2,1-3H3,(H,26,29)/t17-,18-/m0/s1. The molecular formula is C25H29N3O4S. The highest BCUT2D eigenvalue weighted by Crippen LogP contribution is 2.30. The summed E-state index contributed by atoms with van der Waals surface area (Å²) in [7, 11) is 1.61. The number of nitrogens with zero attached hydrogens (tertiary/aromatic N) is 2. The molecule has 4 rings (SSSR count). The average Bonchev–Trinajstić information content (AvgIpc) is 3.15. The number of hydrogen-bond donors (Lipinski definition) is 1. The van der Waals surface area contributed by atoms with Crippen molar-refractivity contribution in [2.24, 2.45) is 0 Å². The Balaban J connectivity index is 1.43. The van der Waals surface area contributed by atoms with Crippen LogP contribution in [0.4, 0.5) is 5.69 Å². The van der Waals surface area contributed by atoms with Gasteiger partial charge in [-0.15, -0.1) is 11.8 Å². The first-order chi connectivity index (χ1) is 15.9. The molecule has 3 aromatic rings. The molecule has 0 unspecified atom stereocenters. The van der Waals surface area contributed by atoms with E-state index in [9.17, 15) is 9.59 Å². The number of amides is 2. The second kappa shape index (κ2) is 10.3. The molecule has 0 aliphatic carbocycles. The maximum absolute atomic E-state index is 13.0. The van der Waals surface area contributed by atoms with E-state index in [2.05, 4.69) is 5.32 Å². The number of rotatable bonds is 7. The van der Waals surface area contributed by atoms with Crippen molar-refractivity contribution in [3.05, 3.63) is 54.7 Å². The molecule has 0 bridgehead atoms. The van der Waals surface area contributed by atoms with Gasteiger partial charge in [0.05, 0.1) is 25.1 Å². The van der Waals surface area contributed by atoms with Crippen LogP contribution < -0.4 is 10.1 Å². The van der Waals surface area contributed by atoms with Crippen LogP contribution in [-0.4, -0.2) is 59.4 Å². The third-order valence-electron chi connectivity index (χ3n) is 5.56. The molecule has 2 aromatic carbocycles. The van der Waals surface area contributed by atoms with Gasteiger partial charge in [-0.1, -0.05) is 18.2 Å². The van der Waals surface area contributed by atoms with Crippen LogP contribution in [0, 0.1) is 0 Å². The average molecular weight is 468 g/mol. The van der Waals surface area contributed by atoms with Gasteiger partial charge in [0.15, 0.2) is 0 Å². The molecule has 2 heterocycles. The summed E-state index contributed by atoms with van der Waals surface area (Å²) in [6.07, 6.45) is 2.05. The Morgan fingerprint density at radius 1 is 1.09 bits per heavy atom. The van der Waals surface area contributed by atoms with Crippen LogP contribution >= 0.6 is 11.8 Å². The Morgan fingerprint density at radius 2 is 1.79 bits per heavy atom. The first-order valence-electron chi connectivity index (χ1n) is 11.0. The molecule has 1 fully saturated rings. The molecule has 7 nitrogen and oxygen atoms in total. The number of ether oxygens (including phenoxy) is 2. The van der Waals surface area contributed by atoms with E-state index in [0.717, 1.165) is 27.2 Å². The second-order valence-corrected chi connectivity index (χ2v) is 9.28. The predicted molar refractivity (Wildman–Crippen MR) is 131 cm³/mol. The maximum Gasteiger partial charge on any atom is 0.242 e. The van der Waals surface area contributed by atoms with Crippen molar-refractivity contribution in [3.63, 3.8) is 0 Å². The number of aromatic nitrogens is 1. The topological polar surface area (TPSA) is 72.8 Å². The van der Waals surface area contributed by atoms with Gasteiger partial charge in [-0.05, 0) is 44.2 Å². The fraction of sp³-hybridized carbons (Fsp3) is 0.360. The quantitative estimate of drug-likeness (QED) is 0.532. The van der Waals surface area contributed by atoms with Gasteiger partial charge in [-0.3, -0.25) is 9.59 Å². The number of fused-ring (bicyclic) bond motifs is 1. The summed E-state index contributed by atoms with van der Waals surface area (Å²) in [5.74, 6) is 0.999. The van der Waals surface area contributed by atoms with Crippen LogP contribution in [0.5, 0.6) is 5.75 Å². The summed E-state index contributed by atoms with van der Waals surface area (Å²) < 4.78 is 12.9. The number of benzene rings is 2. The fourth-order valence-corrected chi connectivity index (χ4v) is 4.99. The molecule has 0 saturated carbocycles. The van der Waals surface area contributed by atoms with Crippen molar-refractivity contribution in [2.75, 3.05) is 31.3 Å².